The summed E-state index contributed by atoms with van der Waals surface area (Å²) >= 11 is 0. The summed E-state index contributed by atoms with van der Waals surface area (Å²) in [5.74, 6) is -0.727. The number of hydrogen-bond donors (Lipinski definition) is 15. The molecular formula is C53H90O24. The number of hydrogen-bond acceptors (Lipinski definition) is 24. The summed E-state index contributed by atoms with van der Waals surface area (Å²) in [6.07, 6.45) is -23.3. The largest absolute Gasteiger partial charge is 0.394 e. The average Bonchev–Trinajstić information content (AvgIpc) is 3.97. The van der Waals surface area contributed by atoms with Gasteiger partial charge in [-0.25, -0.2) is 4.89 Å². The Hall–Kier alpha value is -1.22. The molecule has 4 aliphatic heterocycles. The van der Waals surface area contributed by atoms with Crippen LogP contribution in [0.1, 0.15) is 107 Å². The molecule has 1 unspecified atom stereocenters. The van der Waals surface area contributed by atoms with E-state index in [9.17, 15) is 76.7 Å². The molecule has 0 radical (unpaired) electrons. The van der Waals surface area contributed by atoms with E-state index < -0.39 is 171 Å². The number of aliphatic hydroxyl groups is 14. The van der Waals surface area contributed by atoms with Crippen molar-refractivity contribution in [1.29, 1.82) is 0 Å². The molecule has 0 aromatic rings. The van der Waals surface area contributed by atoms with Crippen LogP contribution < -0.4 is 0 Å². The van der Waals surface area contributed by atoms with Gasteiger partial charge < -0.3 is 109 Å². The highest BCUT2D eigenvalue weighted by molar-refractivity contribution is 5.21. The lowest BCUT2D eigenvalue weighted by Crippen LogP contribution is -2.68. The molecule has 446 valence electrons. The zero-order valence-corrected chi connectivity index (χ0v) is 45.5. The van der Waals surface area contributed by atoms with Crippen LogP contribution in [0.15, 0.2) is 12.2 Å². The standard InChI is InChI=1S/C53H90O24/c1-48(2,77-68)13-9-14-53(8,76-46-42(67)38(63)36(61)28(73-46)22-70-44-40(65)33(58)25(57)21-69-44)23-10-16-52(7)32(23)24(56)18-30-50(5)15-12-31(49(3,4)29(50)11-17-51(30,52)6)74-47-43(39(64)35(60)27(20-55)72-47)75-45-41(66)37(62)34(59)26(19-54)71-45/h9,13,23-47,54-68H,10-12,14-22H2,1-8H3/b13-9+/t23-,24+,25+,26+,27+,28+,29?,30+,31-,32-,33-,34+,35+,36+,37-,38-,39-,40+,41+,42+,43+,44-,45-,46-,47-,50-,51+,52+,53-/m0/s1. The third-order valence-electron chi connectivity index (χ3n) is 20.6. The van der Waals surface area contributed by atoms with Crippen LogP contribution in [0, 0.1) is 45.3 Å². The van der Waals surface area contributed by atoms with E-state index in [0.717, 1.165) is 12.8 Å². The van der Waals surface area contributed by atoms with Crippen LogP contribution in [0.25, 0.3) is 0 Å². The maximum atomic E-state index is 12.8. The Bertz CT molecular complexity index is 2000. The van der Waals surface area contributed by atoms with E-state index in [0.29, 0.717) is 32.1 Å². The first-order valence-electron chi connectivity index (χ1n) is 27.5. The Morgan fingerprint density at radius 3 is 1.78 bits per heavy atom. The number of ether oxygens (including phenoxy) is 8. The molecule has 0 bridgehead atoms. The fraction of sp³-hybridized carbons (Fsp3) is 0.962. The van der Waals surface area contributed by atoms with Crippen molar-refractivity contribution in [1.82, 2.24) is 0 Å². The molecule has 4 aliphatic carbocycles. The van der Waals surface area contributed by atoms with Gasteiger partial charge in [0, 0.05) is 0 Å². The van der Waals surface area contributed by atoms with E-state index in [2.05, 4.69) is 34.6 Å². The highest BCUT2D eigenvalue weighted by Crippen LogP contribution is 2.76. The van der Waals surface area contributed by atoms with Crippen LogP contribution in [-0.2, 0) is 42.8 Å². The van der Waals surface area contributed by atoms with E-state index in [4.69, 9.17) is 42.8 Å². The third kappa shape index (κ3) is 11.0. The van der Waals surface area contributed by atoms with Crippen LogP contribution in [0.4, 0.5) is 0 Å². The van der Waals surface area contributed by atoms with Crippen molar-refractivity contribution < 1.29 is 120 Å². The minimum absolute atomic E-state index is 0.000540. The molecule has 77 heavy (non-hydrogen) atoms. The molecule has 15 N–H and O–H groups in total. The first-order valence-corrected chi connectivity index (χ1v) is 27.5. The first kappa shape index (κ1) is 61.8. The van der Waals surface area contributed by atoms with Gasteiger partial charge in [-0.1, -0.05) is 46.8 Å². The highest BCUT2D eigenvalue weighted by atomic mass is 17.1. The smallest absolute Gasteiger partial charge is 0.187 e. The van der Waals surface area contributed by atoms with E-state index in [1.807, 2.05) is 6.92 Å². The van der Waals surface area contributed by atoms with E-state index >= 15 is 0 Å². The van der Waals surface area contributed by atoms with Crippen molar-refractivity contribution in [3.63, 3.8) is 0 Å². The SMILES string of the molecule is CC(C)(/C=C/C[C@](C)(O[C@@H]1O[C@H](CO[C@@H]2OC[C@@H](O)[C@H](O)[C@H]2O)[C@@H](O)[C@H](O)[C@H]1O)[C@H]1CC[C@]2(C)[C@@H]1[C@H](O)C[C@@H]1[C@@]3(C)CC[C@H](O[C@@H]4O[C@H](CO)[C@@H](O)[C@H](O)[C@H]4O[C@@H]4O[C@H](CO)[C@@H](O)[C@H](O)[C@H]4O)C(C)(C)C3CC[C@]12C)OO. The van der Waals surface area contributed by atoms with Crippen LogP contribution in [0.5, 0.6) is 0 Å². The van der Waals surface area contributed by atoms with Gasteiger partial charge in [0.25, 0.3) is 0 Å². The molecule has 29 atom stereocenters. The zero-order chi connectivity index (χ0) is 56.7. The molecule has 0 aromatic carbocycles. The maximum Gasteiger partial charge on any atom is 0.187 e. The molecule has 4 saturated carbocycles. The minimum Gasteiger partial charge on any atom is -0.394 e. The fourth-order valence-electron chi connectivity index (χ4n) is 15.9. The molecule has 0 aromatic heterocycles. The quantitative estimate of drug-likeness (QED) is 0.0341. The molecule has 8 aliphatic rings. The topological polar surface area (TPSA) is 387 Å². The average molecular weight is 1110 g/mol. The molecule has 0 spiro atoms. The van der Waals surface area contributed by atoms with Gasteiger partial charge in [-0.2, -0.15) is 0 Å². The van der Waals surface area contributed by atoms with Crippen molar-refractivity contribution in [2.45, 2.75) is 247 Å². The predicted molar refractivity (Wildman–Crippen MR) is 263 cm³/mol. The molecule has 24 heteroatoms. The summed E-state index contributed by atoms with van der Waals surface area (Å²) in [4.78, 5) is 4.70. The molecular weight excluding hydrogens is 1020 g/mol. The lowest BCUT2D eigenvalue weighted by molar-refractivity contribution is -0.378. The summed E-state index contributed by atoms with van der Waals surface area (Å²) in [5, 5.41) is 161. The summed E-state index contributed by atoms with van der Waals surface area (Å²) in [5.41, 5.74) is -4.10. The van der Waals surface area contributed by atoms with Gasteiger partial charge in [0.15, 0.2) is 25.2 Å². The molecule has 4 saturated heterocycles. The van der Waals surface area contributed by atoms with Crippen molar-refractivity contribution in [3.8, 4) is 0 Å². The molecule has 24 nitrogen and oxygen atoms in total. The lowest BCUT2D eigenvalue weighted by atomic mass is 9.35. The normalized spacial score (nSPS) is 52.1. The van der Waals surface area contributed by atoms with E-state index in [1.54, 1.807) is 26.0 Å². The Balaban J connectivity index is 1.02. The van der Waals surface area contributed by atoms with E-state index in [1.165, 1.54) is 0 Å². The third-order valence-corrected chi connectivity index (χ3v) is 20.6. The summed E-state index contributed by atoms with van der Waals surface area (Å²) < 4.78 is 48.6. The van der Waals surface area contributed by atoms with Gasteiger partial charge in [0.05, 0.1) is 44.2 Å². The van der Waals surface area contributed by atoms with Gasteiger partial charge in [-0.05, 0) is 117 Å². The second kappa shape index (κ2) is 23.1. The molecule has 0 amide bonds. The van der Waals surface area contributed by atoms with Crippen molar-refractivity contribution >= 4 is 0 Å². The Morgan fingerprint density at radius 1 is 0.571 bits per heavy atom. The minimum atomic E-state index is -1.83. The molecule has 4 heterocycles. The highest BCUT2D eigenvalue weighted by Gasteiger charge is 2.72. The lowest BCUT2D eigenvalue weighted by Gasteiger charge is -2.71. The second-order valence-corrected chi connectivity index (χ2v) is 25.8. The summed E-state index contributed by atoms with van der Waals surface area (Å²) in [6.45, 7) is 14.1. The van der Waals surface area contributed by atoms with Crippen LogP contribution in [0.3, 0.4) is 0 Å². The molecule has 8 fully saturated rings. The van der Waals surface area contributed by atoms with Crippen LogP contribution >= 0.6 is 0 Å². The number of rotatable bonds is 16. The van der Waals surface area contributed by atoms with Crippen molar-refractivity contribution in [3.05, 3.63) is 12.2 Å². The number of aliphatic hydroxyl groups excluding tert-OH is 14. The Kier molecular flexibility index (Phi) is 18.5. The van der Waals surface area contributed by atoms with Gasteiger partial charge >= 0.3 is 0 Å². The monoisotopic (exact) mass is 1110 g/mol. The van der Waals surface area contributed by atoms with Crippen LogP contribution in [0.2, 0.25) is 0 Å². The van der Waals surface area contributed by atoms with Crippen LogP contribution in [-0.4, -0.2) is 243 Å². The maximum absolute atomic E-state index is 12.8. The number of fused-ring (bicyclic) bond motifs is 5. The predicted octanol–water partition coefficient (Wildman–Crippen LogP) is -2.10. The van der Waals surface area contributed by atoms with Gasteiger partial charge in [-0.3, -0.25) is 5.26 Å². The van der Waals surface area contributed by atoms with Gasteiger partial charge in [-0.15, -0.1) is 0 Å². The van der Waals surface area contributed by atoms with Gasteiger partial charge in [0.1, 0.15) is 97.2 Å². The fourth-order valence-corrected chi connectivity index (χ4v) is 15.9. The van der Waals surface area contributed by atoms with Crippen molar-refractivity contribution in [2.75, 3.05) is 26.4 Å². The Labute approximate surface area is 449 Å². The second-order valence-electron chi connectivity index (χ2n) is 25.8. The Morgan fingerprint density at radius 2 is 1.14 bits per heavy atom. The van der Waals surface area contributed by atoms with E-state index in [-0.39, 0.29) is 47.5 Å². The summed E-state index contributed by atoms with van der Waals surface area (Å²) in [7, 11) is 0. The first-order chi connectivity index (χ1) is 35.9. The van der Waals surface area contributed by atoms with Gasteiger partial charge in [0.2, 0.25) is 0 Å². The van der Waals surface area contributed by atoms with Crippen molar-refractivity contribution in [2.24, 2.45) is 45.3 Å². The zero-order valence-electron chi connectivity index (χ0n) is 45.5. The molecule has 8 rings (SSSR count). The summed E-state index contributed by atoms with van der Waals surface area (Å²) in [6, 6.07) is 0.